The quantitative estimate of drug-likeness (QED) is 0.871. The summed E-state index contributed by atoms with van der Waals surface area (Å²) in [6.45, 7) is 8.54. The second-order valence-corrected chi connectivity index (χ2v) is 8.49. The number of hydrogen-bond acceptors (Lipinski definition) is 4. The zero-order valence-electron chi connectivity index (χ0n) is 11.6. The largest absolute Gasteiger partial charge is 0.316 e. The number of thiophene rings is 1. The Morgan fingerprint density at radius 2 is 1.94 bits per heavy atom. The standard InChI is InChI=1S/C12H22N2O2S2/c1-9(13-5)8-14-18(15,16)11-7-6-10(17-11)12(2,3)4/h6-7,9,13-14H,8H2,1-5H3. The topological polar surface area (TPSA) is 58.2 Å². The van der Waals surface area contributed by atoms with E-state index in [0.717, 1.165) is 4.88 Å². The SMILES string of the molecule is CNC(C)CNS(=O)(=O)c1ccc(C(C)(C)C)s1. The molecule has 0 spiro atoms. The number of nitrogens with one attached hydrogen (secondary N) is 2. The van der Waals surface area contributed by atoms with Gasteiger partial charge in [0.25, 0.3) is 0 Å². The van der Waals surface area contributed by atoms with Crippen molar-refractivity contribution in [3.63, 3.8) is 0 Å². The molecule has 1 aromatic rings. The molecule has 0 fully saturated rings. The fourth-order valence-corrected chi connectivity index (χ4v) is 3.81. The molecule has 0 saturated heterocycles. The van der Waals surface area contributed by atoms with Crippen molar-refractivity contribution in [1.29, 1.82) is 0 Å². The molecule has 0 saturated carbocycles. The Labute approximate surface area is 114 Å². The molecule has 4 nitrogen and oxygen atoms in total. The molecule has 18 heavy (non-hydrogen) atoms. The van der Waals surface area contributed by atoms with Crippen LogP contribution >= 0.6 is 11.3 Å². The van der Waals surface area contributed by atoms with Gasteiger partial charge in [-0.15, -0.1) is 11.3 Å². The third-order valence-corrected chi connectivity index (χ3v) is 6.08. The summed E-state index contributed by atoms with van der Waals surface area (Å²) in [5, 5.41) is 2.99. The molecule has 0 bridgehead atoms. The molecule has 2 N–H and O–H groups in total. The zero-order chi connectivity index (χ0) is 14.0. The van der Waals surface area contributed by atoms with Crippen LogP contribution in [0.2, 0.25) is 0 Å². The maximum Gasteiger partial charge on any atom is 0.250 e. The predicted octanol–water partition coefficient (Wildman–Crippen LogP) is 1.93. The van der Waals surface area contributed by atoms with E-state index in [4.69, 9.17) is 0 Å². The van der Waals surface area contributed by atoms with Gasteiger partial charge in [-0.2, -0.15) is 0 Å². The molecular weight excluding hydrogens is 268 g/mol. The first-order chi connectivity index (χ1) is 8.16. The third-order valence-electron chi connectivity index (χ3n) is 2.66. The maximum atomic E-state index is 12.1. The van der Waals surface area contributed by atoms with Gasteiger partial charge in [0, 0.05) is 17.5 Å². The van der Waals surface area contributed by atoms with Gasteiger partial charge in [-0.25, -0.2) is 13.1 Å². The fourth-order valence-electron chi connectivity index (χ4n) is 1.28. The molecular formula is C12H22N2O2S2. The van der Waals surface area contributed by atoms with Crippen LogP contribution in [0.1, 0.15) is 32.6 Å². The highest BCUT2D eigenvalue weighted by Crippen LogP contribution is 2.31. The molecule has 1 unspecified atom stereocenters. The lowest BCUT2D eigenvalue weighted by molar-refractivity contribution is 0.556. The Bertz CT molecular complexity index is 486. The van der Waals surface area contributed by atoms with Crippen molar-refractivity contribution in [3.05, 3.63) is 17.0 Å². The molecule has 0 aliphatic rings. The van der Waals surface area contributed by atoms with Crippen LogP contribution in [0.15, 0.2) is 16.3 Å². The van der Waals surface area contributed by atoms with Crippen LogP contribution in [-0.4, -0.2) is 28.1 Å². The van der Waals surface area contributed by atoms with Crippen LogP contribution in [0.25, 0.3) is 0 Å². The molecule has 0 amide bonds. The first kappa shape index (κ1) is 15.6. The number of likely N-dealkylation sites (N-methyl/N-ethyl adjacent to an activating group) is 1. The first-order valence-electron chi connectivity index (χ1n) is 5.94. The maximum absolute atomic E-state index is 12.1. The molecule has 6 heteroatoms. The molecule has 1 aromatic heterocycles. The molecule has 104 valence electrons. The summed E-state index contributed by atoms with van der Waals surface area (Å²) in [6, 6.07) is 3.68. The highest BCUT2D eigenvalue weighted by atomic mass is 32.2. The molecule has 0 radical (unpaired) electrons. The fraction of sp³-hybridized carbons (Fsp3) is 0.667. The van der Waals surface area contributed by atoms with E-state index < -0.39 is 10.0 Å². The third kappa shape index (κ3) is 4.05. The van der Waals surface area contributed by atoms with E-state index in [1.165, 1.54) is 11.3 Å². The van der Waals surface area contributed by atoms with Gasteiger partial charge in [-0.1, -0.05) is 20.8 Å². The summed E-state index contributed by atoms with van der Waals surface area (Å²) in [5.41, 5.74) is -0.0172. The second kappa shape index (κ2) is 5.69. The van der Waals surface area contributed by atoms with E-state index in [0.29, 0.717) is 10.8 Å². The normalized spacial score (nSPS) is 14.7. The Balaban J connectivity index is 2.83. The summed E-state index contributed by atoms with van der Waals surface area (Å²) < 4.78 is 27.1. The van der Waals surface area contributed by atoms with Crippen LogP contribution in [-0.2, 0) is 15.4 Å². The molecule has 1 heterocycles. The second-order valence-electron chi connectivity index (χ2n) is 5.41. The van der Waals surface area contributed by atoms with E-state index >= 15 is 0 Å². The van der Waals surface area contributed by atoms with E-state index in [1.807, 2.05) is 20.0 Å². The summed E-state index contributed by atoms with van der Waals surface area (Å²) in [4.78, 5) is 1.07. The molecule has 0 aliphatic carbocycles. The van der Waals surface area contributed by atoms with Gasteiger partial charge < -0.3 is 5.32 Å². The lowest BCUT2D eigenvalue weighted by atomic mass is 9.95. The van der Waals surface area contributed by atoms with Crippen molar-refractivity contribution in [3.8, 4) is 0 Å². The van der Waals surface area contributed by atoms with Gasteiger partial charge in [0.2, 0.25) is 10.0 Å². The average Bonchev–Trinajstić information content (AvgIpc) is 2.75. The molecule has 0 aromatic carbocycles. The van der Waals surface area contributed by atoms with Crippen LogP contribution in [0.4, 0.5) is 0 Å². The summed E-state index contributed by atoms with van der Waals surface area (Å²) in [5.74, 6) is 0. The summed E-state index contributed by atoms with van der Waals surface area (Å²) >= 11 is 1.34. The van der Waals surface area contributed by atoms with Crippen LogP contribution < -0.4 is 10.0 Å². The minimum absolute atomic E-state index is 0.0172. The highest BCUT2D eigenvalue weighted by Gasteiger charge is 2.22. The summed E-state index contributed by atoms with van der Waals surface area (Å²) in [7, 11) is -1.57. The van der Waals surface area contributed by atoms with Crippen molar-refractivity contribution in [2.75, 3.05) is 13.6 Å². The van der Waals surface area contributed by atoms with Gasteiger partial charge in [0.05, 0.1) is 0 Å². The monoisotopic (exact) mass is 290 g/mol. The minimum Gasteiger partial charge on any atom is -0.316 e. The predicted molar refractivity (Wildman–Crippen MR) is 76.7 cm³/mol. The van der Waals surface area contributed by atoms with Gasteiger partial charge in [0.15, 0.2) is 0 Å². The Hall–Kier alpha value is -0.430. The van der Waals surface area contributed by atoms with Crippen molar-refractivity contribution in [2.24, 2.45) is 0 Å². The van der Waals surface area contributed by atoms with Crippen LogP contribution in [0.3, 0.4) is 0 Å². The van der Waals surface area contributed by atoms with Crippen molar-refractivity contribution < 1.29 is 8.42 Å². The van der Waals surface area contributed by atoms with Crippen LogP contribution in [0, 0.1) is 0 Å². The van der Waals surface area contributed by atoms with Gasteiger partial charge in [-0.3, -0.25) is 0 Å². The van der Waals surface area contributed by atoms with Crippen molar-refractivity contribution in [2.45, 2.75) is 43.4 Å². The van der Waals surface area contributed by atoms with Crippen molar-refractivity contribution >= 4 is 21.4 Å². The van der Waals surface area contributed by atoms with E-state index in [2.05, 4.69) is 30.8 Å². The summed E-state index contributed by atoms with van der Waals surface area (Å²) in [6.07, 6.45) is 0. The zero-order valence-corrected chi connectivity index (χ0v) is 13.2. The number of sulfonamides is 1. The lowest BCUT2D eigenvalue weighted by Gasteiger charge is -2.15. The molecule has 1 rings (SSSR count). The minimum atomic E-state index is -3.38. The van der Waals surface area contributed by atoms with Gasteiger partial charge in [-0.05, 0) is 31.5 Å². The van der Waals surface area contributed by atoms with Gasteiger partial charge in [0.1, 0.15) is 4.21 Å². The number of hydrogen-bond donors (Lipinski definition) is 2. The van der Waals surface area contributed by atoms with E-state index in [1.54, 1.807) is 6.07 Å². The van der Waals surface area contributed by atoms with E-state index in [9.17, 15) is 8.42 Å². The Morgan fingerprint density at radius 3 is 2.39 bits per heavy atom. The average molecular weight is 290 g/mol. The Kier molecular flexibility index (Phi) is 4.94. The highest BCUT2D eigenvalue weighted by molar-refractivity contribution is 7.91. The Morgan fingerprint density at radius 1 is 1.33 bits per heavy atom. The number of rotatable bonds is 5. The van der Waals surface area contributed by atoms with E-state index in [-0.39, 0.29) is 11.5 Å². The van der Waals surface area contributed by atoms with Gasteiger partial charge >= 0.3 is 0 Å². The smallest absolute Gasteiger partial charge is 0.250 e. The van der Waals surface area contributed by atoms with Crippen molar-refractivity contribution in [1.82, 2.24) is 10.0 Å². The molecule has 1 atom stereocenters. The lowest BCUT2D eigenvalue weighted by Crippen LogP contribution is -2.36. The van der Waals surface area contributed by atoms with Crippen LogP contribution in [0.5, 0.6) is 0 Å². The molecule has 0 aliphatic heterocycles. The first-order valence-corrected chi connectivity index (χ1v) is 8.24.